The predicted molar refractivity (Wildman–Crippen MR) is 158 cm³/mol. The summed E-state index contributed by atoms with van der Waals surface area (Å²) in [5.41, 5.74) is 1.69. The van der Waals surface area contributed by atoms with Crippen molar-refractivity contribution in [3.05, 3.63) is 41.6 Å². The highest BCUT2D eigenvalue weighted by atomic mass is 16.6. The van der Waals surface area contributed by atoms with Crippen LogP contribution >= 0.6 is 0 Å². The van der Waals surface area contributed by atoms with Gasteiger partial charge in [0.05, 0.1) is 37.1 Å². The van der Waals surface area contributed by atoms with Gasteiger partial charge in [0, 0.05) is 37.4 Å². The molecule has 228 valence electrons. The zero-order valence-corrected chi connectivity index (χ0v) is 25.4. The Kier molecular flexibility index (Phi) is 8.26. The third-order valence-corrected chi connectivity index (χ3v) is 7.41. The second-order valence-electron chi connectivity index (χ2n) is 13.0. The van der Waals surface area contributed by atoms with Crippen LogP contribution in [0.3, 0.4) is 0 Å². The standard InChI is InChI=1S/C31H42N4O7/c1-30(2,3)41-28(37)34-12-10-21(25(36)18-34)20-7-8-26-24(17-20)35(29(38)42-31(4,5)6)27-22(19-40-26)23(9-11-32-27)33-13-15-39-16-14-33/h7-9,11,17,21,25,36H,10,12-16,18-19H2,1-6H3/t21-,25+/m0/s1. The Labute approximate surface area is 247 Å². The van der Waals surface area contributed by atoms with Crippen molar-refractivity contribution in [3.63, 3.8) is 0 Å². The fraction of sp³-hybridized carbons (Fsp3) is 0.581. The van der Waals surface area contributed by atoms with E-state index in [-0.39, 0.29) is 19.1 Å². The van der Waals surface area contributed by atoms with E-state index in [1.807, 2.05) is 65.8 Å². The van der Waals surface area contributed by atoms with Crippen LogP contribution in [0.1, 0.15) is 65.0 Å². The number of hydrogen-bond acceptors (Lipinski definition) is 9. The molecular formula is C31H42N4O7. The Morgan fingerprint density at radius 3 is 2.31 bits per heavy atom. The van der Waals surface area contributed by atoms with Gasteiger partial charge in [-0.2, -0.15) is 0 Å². The molecule has 42 heavy (non-hydrogen) atoms. The van der Waals surface area contributed by atoms with Crippen LogP contribution < -0.4 is 14.5 Å². The summed E-state index contributed by atoms with van der Waals surface area (Å²) in [7, 11) is 0. The van der Waals surface area contributed by atoms with E-state index in [0.29, 0.717) is 43.4 Å². The molecule has 0 radical (unpaired) electrons. The van der Waals surface area contributed by atoms with Crippen LogP contribution in [0.5, 0.6) is 5.75 Å². The number of aliphatic hydroxyl groups is 1. The van der Waals surface area contributed by atoms with Gasteiger partial charge in [0.2, 0.25) is 0 Å². The molecule has 5 rings (SSSR count). The van der Waals surface area contributed by atoms with Crippen molar-refractivity contribution < 1.29 is 33.6 Å². The van der Waals surface area contributed by atoms with Gasteiger partial charge in [-0.1, -0.05) is 6.07 Å². The lowest BCUT2D eigenvalue weighted by Gasteiger charge is -2.37. The number of aromatic nitrogens is 1. The molecule has 1 aromatic heterocycles. The summed E-state index contributed by atoms with van der Waals surface area (Å²) in [5, 5.41) is 11.2. The van der Waals surface area contributed by atoms with Crippen LogP contribution in [-0.4, -0.2) is 83.9 Å². The molecule has 3 aliphatic heterocycles. The summed E-state index contributed by atoms with van der Waals surface area (Å²) >= 11 is 0. The van der Waals surface area contributed by atoms with Crippen molar-refractivity contribution >= 4 is 29.4 Å². The highest BCUT2D eigenvalue weighted by Gasteiger charge is 2.37. The predicted octanol–water partition coefficient (Wildman–Crippen LogP) is 4.97. The van der Waals surface area contributed by atoms with Gasteiger partial charge in [-0.15, -0.1) is 0 Å². The molecule has 11 nitrogen and oxygen atoms in total. The van der Waals surface area contributed by atoms with Gasteiger partial charge < -0.3 is 33.9 Å². The number of morpholine rings is 1. The molecule has 2 fully saturated rings. The van der Waals surface area contributed by atoms with E-state index in [2.05, 4.69) is 9.88 Å². The first-order valence-electron chi connectivity index (χ1n) is 14.6. The van der Waals surface area contributed by atoms with Crippen LogP contribution in [0.25, 0.3) is 0 Å². The number of carbonyl (C=O) groups is 2. The van der Waals surface area contributed by atoms with Crippen LogP contribution in [0.15, 0.2) is 30.5 Å². The Balaban J connectivity index is 1.49. The maximum Gasteiger partial charge on any atom is 0.420 e. The number of likely N-dealkylation sites (tertiary alicyclic amines) is 1. The molecule has 0 saturated carbocycles. The normalized spacial score (nSPS) is 21.1. The van der Waals surface area contributed by atoms with Gasteiger partial charge in [0.25, 0.3) is 0 Å². The van der Waals surface area contributed by atoms with E-state index in [9.17, 15) is 14.7 Å². The van der Waals surface area contributed by atoms with Gasteiger partial charge in [0.1, 0.15) is 23.6 Å². The Hall–Kier alpha value is -3.57. The largest absolute Gasteiger partial charge is 0.486 e. The first-order valence-corrected chi connectivity index (χ1v) is 14.6. The number of benzene rings is 1. The number of β-amino-alcohol motifs (C(OH)–C–C–N with tert-alkyl or cyclic N) is 1. The Morgan fingerprint density at radius 2 is 1.64 bits per heavy atom. The van der Waals surface area contributed by atoms with Crippen LogP contribution in [0, 0.1) is 0 Å². The third kappa shape index (κ3) is 6.57. The van der Waals surface area contributed by atoms with E-state index >= 15 is 0 Å². The highest BCUT2D eigenvalue weighted by Crippen LogP contribution is 2.44. The van der Waals surface area contributed by atoms with Crippen molar-refractivity contribution in [2.24, 2.45) is 0 Å². The minimum absolute atomic E-state index is 0.149. The van der Waals surface area contributed by atoms with E-state index in [0.717, 1.165) is 29.9 Å². The zero-order chi connectivity index (χ0) is 30.2. The van der Waals surface area contributed by atoms with E-state index in [1.54, 1.807) is 11.1 Å². The number of aliphatic hydroxyl groups excluding tert-OH is 1. The maximum absolute atomic E-state index is 13.8. The number of piperidine rings is 1. The molecule has 11 heteroatoms. The van der Waals surface area contributed by atoms with Gasteiger partial charge in [-0.05, 0) is 71.7 Å². The van der Waals surface area contributed by atoms with Crippen molar-refractivity contribution in [3.8, 4) is 5.75 Å². The summed E-state index contributed by atoms with van der Waals surface area (Å²) in [6.07, 6.45) is 0.406. The SMILES string of the molecule is CC(C)(C)OC(=O)N1CC[C@@H](c2ccc3c(c2)N(C(=O)OC(C)(C)C)c2nccc(N4CCOCC4)c2CO3)[C@H](O)C1. The first-order chi connectivity index (χ1) is 19.8. The Morgan fingerprint density at radius 1 is 0.952 bits per heavy atom. The van der Waals surface area contributed by atoms with Crippen molar-refractivity contribution in [1.82, 2.24) is 9.88 Å². The molecule has 0 aliphatic carbocycles. The summed E-state index contributed by atoms with van der Waals surface area (Å²) < 4.78 is 23.2. The average Bonchev–Trinajstić information content (AvgIpc) is 3.08. The topological polar surface area (TPSA) is 114 Å². The lowest BCUT2D eigenvalue weighted by molar-refractivity contribution is -0.00153. The molecule has 1 N–H and O–H groups in total. The molecule has 0 unspecified atom stereocenters. The molecule has 2 amide bonds. The molecule has 0 bridgehead atoms. The van der Waals surface area contributed by atoms with Gasteiger partial charge in [0.15, 0.2) is 5.82 Å². The number of hydrogen-bond donors (Lipinski definition) is 1. The summed E-state index contributed by atoms with van der Waals surface area (Å²) in [6.45, 7) is 14.4. The monoisotopic (exact) mass is 582 g/mol. The van der Waals surface area contributed by atoms with Gasteiger partial charge in [-0.3, -0.25) is 0 Å². The lowest BCUT2D eigenvalue weighted by atomic mass is 9.87. The van der Waals surface area contributed by atoms with Crippen molar-refractivity contribution in [1.29, 1.82) is 0 Å². The molecule has 2 saturated heterocycles. The summed E-state index contributed by atoms with van der Waals surface area (Å²) in [6, 6.07) is 7.55. The lowest BCUT2D eigenvalue weighted by Crippen LogP contribution is -2.47. The average molecular weight is 583 g/mol. The smallest absolute Gasteiger partial charge is 0.420 e. The van der Waals surface area contributed by atoms with Crippen LogP contribution in [0.4, 0.5) is 26.8 Å². The van der Waals surface area contributed by atoms with E-state index in [4.69, 9.17) is 18.9 Å². The fourth-order valence-electron chi connectivity index (χ4n) is 5.53. The second kappa shape index (κ2) is 11.6. The first kappa shape index (κ1) is 29.9. The number of amides is 2. The highest BCUT2D eigenvalue weighted by molar-refractivity contribution is 5.99. The number of anilines is 3. The Bertz CT molecular complexity index is 1310. The summed E-state index contributed by atoms with van der Waals surface area (Å²) in [4.78, 5) is 36.4. The molecule has 2 atom stereocenters. The number of pyridine rings is 1. The number of ether oxygens (including phenoxy) is 4. The molecule has 0 spiro atoms. The molecule has 1 aromatic carbocycles. The minimum atomic E-state index is -0.815. The number of rotatable bonds is 2. The molecule has 4 heterocycles. The molecule has 2 aromatic rings. The number of fused-ring (bicyclic) bond motifs is 2. The minimum Gasteiger partial charge on any atom is -0.486 e. The molecular weight excluding hydrogens is 540 g/mol. The van der Waals surface area contributed by atoms with Crippen LogP contribution in [-0.2, 0) is 20.8 Å². The van der Waals surface area contributed by atoms with Crippen molar-refractivity contribution in [2.75, 3.05) is 49.2 Å². The van der Waals surface area contributed by atoms with E-state index in [1.165, 1.54) is 4.90 Å². The van der Waals surface area contributed by atoms with Gasteiger partial charge in [-0.25, -0.2) is 19.5 Å². The zero-order valence-electron chi connectivity index (χ0n) is 25.4. The third-order valence-electron chi connectivity index (χ3n) is 7.41. The van der Waals surface area contributed by atoms with Crippen LogP contribution in [0.2, 0.25) is 0 Å². The quantitative estimate of drug-likeness (QED) is 0.524. The maximum atomic E-state index is 13.8. The number of carbonyl (C=O) groups excluding carboxylic acids is 2. The molecule has 3 aliphatic rings. The number of nitrogens with zero attached hydrogens (tertiary/aromatic N) is 4. The fourth-order valence-corrected chi connectivity index (χ4v) is 5.53. The second-order valence-corrected chi connectivity index (χ2v) is 13.0. The van der Waals surface area contributed by atoms with Gasteiger partial charge >= 0.3 is 12.2 Å². The van der Waals surface area contributed by atoms with E-state index < -0.39 is 29.5 Å². The summed E-state index contributed by atoms with van der Waals surface area (Å²) in [5.74, 6) is 0.700. The van der Waals surface area contributed by atoms with Crippen molar-refractivity contribution in [2.45, 2.75) is 77.8 Å².